The van der Waals surface area contributed by atoms with Gasteiger partial charge in [0, 0.05) is 25.9 Å². The molecule has 0 radical (unpaired) electrons. The fourth-order valence-corrected chi connectivity index (χ4v) is 5.16. The zero-order chi connectivity index (χ0) is 18.1. The standard InChI is InChI=1S/C19H43NO3Si/c1-6-11-16-21-24(22-17-12-7-2,23-18-13-8-3)19-14-15-20(9-4)10-5/h6-19H2,1-5H3. The lowest BCUT2D eigenvalue weighted by atomic mass is 10.4. The molecule has 0 heterocycles. The highest BCUT2D eigenvalue weighted by atomic mass is 28.4. The van der Waals surface area contributed by atoms with Crippen LogP contribution in [0.4, 0.5) is 0 Å². The van der Waals surface area contributed by atoms with Crippen LogP contribution in [0.1, 0.15) is 79.6 Å². The molecule has 4 nitrogen and oxygen atoms in total. The minimum absolute atomic E-state index is 0.770. The van der Waals surface area contributed by atoms with Crippen molar-refractivity contribution in [2.45, 2.75) is 85.6 Å². The van der Waals surface area contributed by atoms with Crippen LogP contribution >= 0.6 is 0 Å². The Morgan fingerprint density at radius 3 is 1.38 bits per heavy atom. The summed E-state index contributed by atoms with van der Waals surface area (Å²) in [6.45, 7) is 16.7. The number of hydrogen-bond donors (Lipinski definition) is 0. The smallest absolute Gasteiger partial charge is 0.373 e. The summed E-state index contributed by atoms with van der Waals surface area (Å²) >= 11 is 0. The predicted octanol–water partition coefficient (Wildman–Crippen LogP) is 5.11. The van der Waals surface area contributed by atoms with Gasteiger partial charge in [0.2, 0.25) is 0 Å². The summed E-state index contributed by atoms with van der Waals surface area (Å²) < 4.78 is 18.9. The topological polar surface area (TPSA) is 30.9 Å². The molecule has 0 saturated heterocycles. The summed E-state index contributed by atoms with van der Waals surface area (Å²) in [6.07, 6.45) is 7.78. The van der Waals surface area contributed by atoms with E-state index in [9.17, 15) is 0 Å². The Labute approximate surface area is 152 Å². The second-order valence-electron chi connectivity index (χ2n) is 6.42. The Kier molecular flexibility index (Phi) is 16.6. The summed E-state index contributed by atoms with van der Waals surface area (Å²) in [5, 5.41) is 0. The molecule has 0 aromatic rings. The third-order valence-corrected chi connectivity index (χ3v) is 7.21. The van der Waals surface area contributed by atoms with E-state index in [0.29, 0.717) is 0 Å². The fourth-order valence-electron chi connectivity index (χ4n) is 2.52. The van der Waals surface area contributed by atoms with Crippen LogP contribution in [0.25, 0.3) is 0 Å². The molecule has 0 bridgehead atoms. The molecule has 5 heteroatoms. The highest BCUT2D eigenvalue weighted by molar-refractivity contribution is 6.60. The Balaban J connectivity index is 4.70. The molecule has 0 spiro atoms. The van der Waals surface area contributed by atoms with Crippen molar-refractivity contribution in [3.63, 3.8) is 0 Å². The van der Waals surface area contributed by atoms with Gasteiger partial charge in [0.05, 0.1) is 0 Å². The second-order valence-corrected chi connectivity index (χ2v) is 9.15. The van der Waals surface area contributed by atoms with E-state index < -0.39 is 8.80 Å². The first-order chi connectivity index (χ1) is 11.7. The van der Waals surface area contributed by atoms with Gasteiger partial charge in [-0.1, -0.05) is 53.9 Å². The molecular weight excluding hydrogens is 318 g/mol. The first-order valence-corrected chi connectivity index (χ1v) is 12.2. The van der Waals surface area contributed by atoms with Gasteiger partial charge in [0.15, 0.2) is 0 Å². The van der Waals surface area contributed by atoms with Crippen LogP contribution in [0.15, 0.2) is 0 Å². The van der Waals surface area contributed by atoms with Crippen molar-refractivity contribution in [1.82, 2.24) is 4.90 Å². The summed E-state index contributed by atoms with van der Waals surface area (Å²) in [5.41, 5.74) is 0. The maximum Gasteiger partial charge on any atom is 0.501 e. The van der Waals surface area contributed by atoms with Crippen molar-refractivity contribution in [1.29, 1.82) is 0 Å². The van der Waals surface area contributed by atoms with Crippen LogP contribution < -0.4 is 0 Å². The van der Waals surface area contributed by atoms with E-state index in [4.69, 9.17) is 13.3 Å². The fraction of sp³-hybridized carbons (Fsp3) is 1.00. The maximum atomic E-state index is 6.29. The molecule has 0 N–H and O–H groups in total. The molecule has 0 atom stereocenters. The van der Waals surface area contributed by atoms with Crippen LogP contribution in [0.5, 0.6) is 0 Å². The molecule has 24 heavy (non-hydrogen) atoms. The Morgan fingerprint density at radius 2 is 1.04 bits per heavy atom. The van der Waals surface area contributed by atoms with Crippen molar-refractivity contribution in [3.8, 4) is 0 Å². The average molecular weight is 362 g/mol. The van der Waals surface area contributed by atoms with Crippen molar-refractivity contribution in [3.05, 3.63) is 0 Å². The van der Waals surface area contributed by atoms with E-state index in [1.165, 1.54) is 0 Å². The lowest BCUT2D eigenvalue weighted by Crippen LogP contribution is -2.47. The normalized spacial score (nSPS) is 12.2. The van der Waals surface area contributed by atoms with Crippen LogP contribution in [-0.2, 0) is 13.3 Å². The summed E-state index contributed by atoms with van der Waals surface area (Å²) in [6, 6.07) is 0.945. The third kappa shape index (κ3) is 11.6. The van der Waals surface area contributed by atoms with E-state index >= 15 is 0 Å². The predicted molar refractivity (Wildman–Crippen MR) is 106 cm³/mol. The highest BCUT2D eigenvalue weighted by Gasteiger charge is 2.40. The van der Waals surface area contributed by atoms with Crippen LogP contribution in [0.3, 0.4) is 0 Å². The van der Waals surface area contributed by atoms with Crippen molar-refractivity contribution in [2.75, 3.05) is 39.5 Å². The van der Waals surface area contributed by atoms with Crippen LogP contribution in [0.2, 0.25) is 6.04 Å². The van der Waals surface area contributed by atoms with E-state index in [1.54, 1.807) is 0 Å². The minimum Gasteiger partial charge on any atom is -0.373 e. The Morgan fingerprint density at radius 1 is 0.625 bits per heavy atom. The third-order valence-electron chi connectivity index (χ3n) is 4.31. The highest BCUT2D eigenvalue weighted by Crippen LogP contribution is 2.20. The largest absolute Gasteiger partial charge is 0.501 e. The molecule has 0 fully saturated rings. The van der Waals surface area contributed by atoms with Gasteiger partial charge >= 0.3 is 8.80 Å². The molecule has 0 aliphatic heterocycles. The van der Waals surface area contributed by atoms with E-state index in [-0.39, 0.29) is 0 Å². The van der Waals surface area contributed by atoms with Gasteiger partial charge < -0.3 is 18.2 Å². The Hall–Kier alpha value is 0.0569. The molecule has 0 amide bonds. The summed E-state index contributed by atoms with van der Waals surface area (Å²) in [4.78, 5) is 2.46. The van der Waals surface area contributed by atoms with Gasteiger partial charge in [0.25, 0.3) is 0 Å². The van der Waals surface area contributed by atoms with Gasteiger partial charge in [-0.05, 0) is 45.3 Å². The lowest BCUT2D eigenvalue weighted by molar-refractivity contribution is 0.0551. The molecule has 0 aliphatic rings. The number of unbranched alkanes of at least 4 members (excludes halogenated alkanes) is 3. The Bertz CT molecular complexity index is 236. The first-order valence-electron chi connectivity index (χ1n) is 10.3. The number of rotatable bonds is 18. The van der Waals surface area contributed by atoms with Gasteiger partial charge in [-0.15, -0.1) is 0 Å². The SMILES string of the molecule is CCCCO[Si](CCCN(CC)CC)(OCCCC)OCCCC. The van der Waals surface area contributed by atoms with Crippen LogP contribution in [0, 0.1) is 0 Å². The second kappa shape index (κ2) is 16.5. The van der Waals surface area contributed by atoms with E-state index in [0.717, 1.165) is 90.4 Å². The minimum atomic E-state index is -2.53. The zero-order valence-corrected chi connectivity index (χ0v) is 18.1. The molecule has 0 rings (SSSR count). The molecular formula is C19H43NO3Si. The average Bonchev–Trinajstić information content (AvgIpc) is 2.59. The molecule has 0 aromatic carbocycles. The monoisotopic (exact) mass is 361 g/mol. The van der Waals surface area contributed by atoms with Gasteiger partial charge in [-0.25, -0.2) is 0 Å². The van der Waals surface area contributed by atoms with Crippen molar-refractivity contribution >= 4 is 8.80 Å². The summed E-state index contributed by atoms with van der Waals surface area (Å²) in [5.74, 6) is 0. The number of hydrogen-bond acceptors (Lipinski definition) is 4. The first kappa shape index (κ1) is 24.1. The van der Waals surface area contributed by atoms with Crippen molar-refractivity contribution in [2.24, 2.45) is 0 Å². The quantitative estimate of drug-likeness (QED) is 0.251. The lowest BCUT2D eigenvalue weighted by Gasteiger charge is -2.30. The van der Waals surface area contributed by atoms with Gasteiger partial charge in [-0.2, -0.15) is 0 Å². The van der Waals surface area contributed by atoms with E-state index in [1.807, 2.05) is 0 Å². The molecule has 0 aliphatic carbocycles. The van der Waals surface area contributed by atoms with Gasteiger partial charge in [-0.3, -0.25) is 0 Å². The molecule has 0 aromatic heterocycles. The maximum absolute atomic E-state index is 6.29. The molecule has 146 valence electrons. The zero-order valence-electron chi connectivity index (χ0n) is 17.1. The molecule has 0 saturated carbocycles. The number of nitrogens with zero attached hydrogens (tertiary/aromatic N) is 1. The van der Waals surface area contributed by atoms with Gasteiger partial charge in [0.1, 0.15) is 0 Å². The molecule has 0 unspecified atom stereocenters. The van der Waals surface area contributed by atoms with E-state index in [2.05, 4.69) is 39.5 Å². The van der Waals surface area contributed by atoms with Crippen molar-refractivity contribution < 1.29 is 13.3 Å². The van der Waals surface area contributed by atoms with Crippen LogP contribution in [-0.4, -0.2) is 53.2 Å². The summed E-state index contributed by atoms with van der Waals surface area (Å²) in [7, 11) is -2.53.